The van der Waals surface area contributed by atoms with Crippen molar-refractivity contribution in [3.63, 3.8) is 0 Å². The Balaban J connectivity index is 5.89. The standard InChI is InChI=1S/C16H36O6P2S/c1-13(2,3)19-23(17,20-14(4,5)6)25-24(18,21-15(7,8)9)22-16(10,11)12/h1-12H3. The van der Waals surface area contributed by atoms with Crippen molar-refractivity contribution in [1.82, 2.24) is 0 Å². The summed E-state index contributed by atoms with van der Waals surface area (Å²) in [5.74, 6) is 0. The fraction of sp³-hybridized carbons (Fsp3) is 1.00. The highest BCUT2D eigenvalue weighted by atomic mass is 33.1. The van der Waals surface area contributed by atoms with E-state index in [1.165, 1.54) is 0 Å². The highest BCUT2D eigenvalue weighted by molar-refractivity contribution is 8.84. The molecule has 0 atom stereocenters. The van der Waals surface area contributed by atoms with Crippen LogP contribution >= 0.6 is 24.6 Å². The molecule has 0 unspecified atom stereocenters. The zero-order valence-electron chi connectivity index (χ0n) is 17.8. The van der Waals surface area contributed by atoms with Crippen LogP contribution in [0.5, 0.6) is 0 Å². The molecule has 0 radical (unpaired) electrons. The van der Waals surface area contributed by atoms with E-state index in [0.29, 0.717) is 11.0 Å². The van der Waals surface area contributed by atoms with Crippen molar-refractivity contribution in [1.29, 1.82) is 0 Å². The molecule has 0 amide bonds. The Hall–Kier alpha value is 0.650. The lowest BCUT2D eigenvalue weighted by Gasteiger charge is -2.35. The third-order valence-corrected chi connectivity index (χ3v) is 10.9. The highest BCUT2D eigenvalue weighted by Gasteiger charge is 2.48. The molecule has 0 rings (SSSR count). The molecule has 6 nitrogen and oxygen atoms in total. The van der Waals surface area contributed by atoms with E-state index >= 15 is 0 Å². The van der Waals surface area contributed by atoms with Crippen molar-refractivity contribution in [3.05, 3.63) is 0 Å². The van der Waals surface area contributed by atoms with Gasteiger partial charge in [0, 0.05) is 0 Å². The lowest BCUT2D eigenvalue weighted by molar-refractivity contribution is 0.0569. The normalized spacial score (nSPS) is 15.5. The second kappa shape index (κ2) is 7.95. The van der Waals surface area contributed by atoms with E-state index in [9.17, 15) is 9.13 Å². The Kier molecular flexibility index (Phi) is 8.15. The van der Waals surface area contributed by atoms with E-state index in [1.807, 2.05) is 0 Å². The molecule has 0 bridgehead atoms. The maximum absolute atomic E-state index is 13.4. The first-order valence-electron chi connectivity index (χ1n) is 8.28. The van der Waals surface area contributed by atoms with Crippen molar-refractivity contribution in [2.24, 2.45) is 0 Å². The second-order valence-electron chi connectivity index (χ2n) is 9.79. The first-order chi connectivity index (χ1) is 10.5. The van der Waals surface area contributed by atoms with Gasteiger partial charge < -0.3 is 0 Å². The summed E-state index contributed by atoms with van der Waals surface area (Å²) in [5.41, 5.74) is -3.05. The van der Waals surface area contributed by atoms with Crippen LogP contribution in [0.15, 0.2) is 0 Å². The molecule has 0 heterocycles. The molecule has 0 spiro atoms. The van der Waals surface area contributed by atoms with E-state index in [-0.39, 0.29) is 0 Å². The van der Waals surface area contributed by atoms with E-state index in [0.717, 1.165) is 0 Å². The van der Waals surface area contributed by atoms with Crippen LogP contribution in [0.1, 0.15) is 83.1 Å². The molecule has 0 aromatic rings. The summed E-state index contributed by atoms with van der Waals surface area (Å²) < 4.78 is 49.6. The lowest BCUT2D eigenvalue weighted by Crippen LogP contribution is -2.25. The Bertz CT molecular complexity index is 447. The zero-order chi connectivity index (χ0) is 20.5. The van der Waals surface area contributed by atoms with E-state index in [1.54, 1.807) is 83.1 Å². The molecule has 0 aliphatic rings. The summed E-state index contributed by atoms with van der Waals surface area (Å²) in [5, 5.41) is 0. The van der Waals surface area contributed by atoms with Gasteiger partial charge >= 0.3 is 13.6 Å². The van der Waals surface area contributed by atoms with Crippen LogP contribution in [0.3, 0.4) is 0 Å². The second-order valence-corrected chi connectivity index (χ2v) is 17.1. The fourth-order valence-electron chi connectivity index (χ4n) is 1.57. The van der Waals surface area contributed by atoms with Gasteiger partial charge in [0.05, 0.1) is 33.4 Å². The summed E-state index contributed by atoms with van der Waals surface area (Å²) in [4.78, 5) is 0. The Morgan fingerprint density at radius 2 is 0.640 bits per heavy atom. The van der Waals surface area contributed by atoms with Gasteiger partial charge in [-0.1, -0.05) is 0 Å². The first-order valence-corrected chi connectivity index (χ1v) is 13.4. The van der Waals surface area contributed by atoms with E-state index in [2.05, 4.69) is 0 Å². The maximum atomic E-state index is 13.4. The molecular formula is C16H36O6P2S. The molecule has 0 saturated carbocycles. The van der Waals surface area contributed by atoms with Crippen molar-refractivity contribution < 1.29 is 27.2 Å². The van der Waals surface area contributed by atoms with Crippen molar-refractivity contribution in [2.75, 3.05) is 0 Å². The summed E-state index contributed by atoms with van der Waals surface area (Å²) in [6.07, 6.45) is 0. The SMILES string of the molecule is CC(C)(C)OP(=O)(OC(C)(C)C)SP(=O)(OC(C)(C)C)OC(C)(C)C. The van der Waals surface area contributed by atoms with Gasteiger partial charge in [0.15, 0.2) is 0 Å². The van der Waals surface area contributed by atoms with E-state index < -0.39 is 36.0 Å². The third kappa shape index (κ3) is 13.5. The maximum Gasteiger partial charge on any atom is 0.401 e. The van der Waals surface area contributed by atoms with Gasteiger partial charge in [-0.15, -0.1) is 0 Å². The zero-order valence-corrected chi connectivity index (χ0v) is 20.4. The molecule has 0 fully saturated rings. The summed E-state index contributed by atoms with van der Waals surface area (Å²) >= 11 is 0.524. The molecular weight excluding hydrogens is 382 g/mol. The van der Waals surface area contributed by atoms with Crippen LogP contribution in [-0.2, 0) is 27.2 Å². The number of rotatable bonds is 6. The Morgan fingerprint density at radius 1 is 0.480 bits per heavy atom. The van der Waals surface area contributed by atoms with Gasteiger partial charge in [0.2, 0.25) is 0 Å². The van der Waals surface area contributed by atoms with Crippen LogP contribution in [0.2, 0.25) is 0 Å². The van der Waals surface area contributed by atoms with Crippen LogP contribution in [0, 0.1) is 0 Å². The molecule has 9 heteroatoms. The Labute approximate surface area is 157 Å². The summed E-state index contributed by atoms with van der Waals surface area (Å²) in [7, 11) is 0. The van der Waals surface area contributed by atoms with Crippen LogP contribution in [-0.4, -0.2) is 22.4 Å². The average Bonchev–Trinajstić information content (AvgIpc) is 1.97. The first kappa shape index (κ1) is 25.6. The summed E-state index contributed by atoms with van der Waals surface area (Å²) in [6.45, 7) is 13.4. The third-order valence-electron chi connectivity index (χ3n) is 1.74. The predicted molar refractivity (Wildman–Crippen MR) is 106 cm³/mol. The molecule has 0 saturated heterocycles. The minimum absolute atomic E-state index is 0.524. The van der Waals surface area contributed by atoms with Crippen molar-refractivity contribution in [2.45, 2.75) is 105 Å². The van der Waals surface area contributed by atoms with Crippen molar-refractivity contribution >= 4 is 24.6 Å². The predicted octanol–water partition coefficient (Wildman–Crippen LogP) is 7.20. The van der Waals surface area contributed by atoms with Crippen LogP contribution < -0.4 is 0 Å². The molecule has 0 N–H and O–H groups in total. The average molecular weight is 418 g/mol. The van der Waals surface area contributed by atoms with Crippen LogP contribution in [0.25, 0.3) is 0 Å². The molecule has 0 aromatic heterocycles. The topological polar surface area (TPSA) is 71.1 Å². The van der Waals surface area contributed by atoms with Gasteiger partial charge in [-0.25, -0.2) is 9.13 Å². The van der Waals surface area contributed by atoms with Gasteiger partial charge in [-0.3, -0.25) is 18.1 Å². The van der Waals surface area contributed by atoms with Gasteiger partial charge in [0.1, 0.15) is 0 Å². The summed E-state index contributed by atoms with van der Waals surface area (Å²) in [6, 6.07) is 0. The van der Waals surface area contributed by atoms with Gasteiger partial charge in [-0.05, 0) is 83.1 Å². The fourth-order valence-corrected chi connectivity index (χ4v) is 11.9. The largest absolute Gasteiger partial charge is 0.401 e. The molecule has 25 heavy (non-hydrogen) atoms. The monoisotopic (exact) mass is 418 g/mol. The quantitative estimate of drug-likeness (QED) is 0.422. The molecule has 152 valence electrons. The van der Waals surface area contributed by atoms with Gasteiger partial charge in [-0.2, -0.15) is 0 Å². The molecule has 0 aliphatic heterocycles. The number of hydrogen-bond donors (Lipinski definition) is 0. The Morgan fingerprint density at radius 3 is 0.760 bits per heavy atom. The minimum atomic E-state index is -3.85. The lowest BCUT2D eigenvalue weighted by atomic mass is 10.2. The smallest absolute Gasteiger partial charge is 0.295 e. The highest BCUT2D eigenvalue weighted by Crippen LogP contribution is 2.82. The van der Waals surface area contributed by atoms with Crippen molar-refractivity contribution in [3.8, 4) is 0 Å². The van der Waals surface area contributed by atoms with Crippen LogP contribution in [0.4, 0.5) is 0 Å². The molecule has 0 aromatic carbocycles. The van der Waals surface area contributed by atoms with E-state index in [4.69, 9.17) is 18.1 Å². The molecule has 0 aliphatic carbocycles. The van der Waals surface area contributed by atoms with Gasteiger partial charge in [0.25, 0.3) is 0 Å². The minimum Gasteiger partial charge on any atom is -0.295 e. The number of hydrogen-bond acceptors (Lipinski definition) is 7.